The van der Waals surface area contributed by atoms with Gasteiger partial charge in [0.15, 0.2) is 17.5 Å². The van der Waals surface area contributed by atoms with E-state index in [0.29, 0.717) is 11.8 Å². The number of carbonyl (C=O) groups is 1. The summed E-state index contributed by atoms with van der Waals surface area (Å²) in [5.74, 6) is -3.57. The number of ether oxygens (including phenoxy) is 1. The third-order valence-corrected chi connectivity index (χ3v) is 5.58. The summed E-state index contributed by atoms with van der Waals surface area (Å²) in [5, 5.41) is 2.62. The van der Waals surface area contributed by atoms with Gasteiger partial charge in [-0.1, -0.05) is 6.07 Å². The minimum Gasteiger partial charge on any atom is -0.404 e. The van der Waals surface area contributed by atoms with Gasteiger partial charge in [0.2, 0.25) is 5.95 Å². The Bertz CT molecular complexity index is 1340. The van der Waals surface area contributed by atoms with Crippen molar-refractivity contribution in [2.24, 2.45) is 21.5 Å². The zero-order valence-corrected chi connectivity index (χ0v) is 20.8. The van der Waals surface area contributed by atoms with Crippen molar-refractivity contribution < 1.29 is 31.5 Å². The van der Waals surface area contributed by atoms with Crippen LogP contribution in [-0.4, -0.2) is 59.6 Å². The van der Waals surface area contributed by atoms with Crippen LogP contribution in [0.2, 0.25) is 0 Å². The topological polar surface area (TPSA) is 144 Å². The summed E-state index contributed by atoms with van der Waals surface area (Å²) in [4.78, 5) is 29.7. The Morgan fingerprint density at radius 2 is 2.05 bits per heavy atom. The Labute approximate surface area is 220 Å². The van der Waals surface area contributed by atoms with E-state index in [1.54, 1.807) is 0 Å². The van der Waals surface area contributed by atoms with Crippen LogP contribution in [0.25, 0.3) is 0 Å². The number of rotatable bonds is 8. The molecule has 2 aromatic rings. The number of nitrogens with zero attached hydrogens (tertiary/aromatic N) is 5. The van der Waals surface area contributed by atoms with Crippen LogP contribution in [0.3, 0.4) is 0 Å². The van der Waals surface area contributed by atoms with Gasteiger partial charge in [0, 0.05) is 38.7 Å². The second-order valence-corrected chi connectivity index (χ2v) is 8.21. The normalized spacial score (nSPS) is 17.1. The molecule has 1 aromatic heterocycles. The molecule has 3 rings (SSSR count). The standard InChI is InChI=1S/C24H25F5N8O2/c1-32-19(5-6-30)35-23-34-10-16(24(27,28)29)21(36-23)33-9-14-8-15(12-39-2)37(22(38)20(14)31)11-13-3-4-17(25)18(26)7-13/h3-7,9-10,15H,8,11-12,30-31H2,1-2H3,(H,32,34,35,36)/t15-/m1/s1. The maximum absolute atomic E-state index is 13.7. The molecule has 0 aliphatic carbocycles. The molecule has 10 nitrogen and oxygen atoms in total. The number of benzene rings is 1. The highest BCUT2D eigenvalue weighted by Crippen LogP contribution is 2.35. The van der Waals surface area contributed by atoms with Crippen LogP contribution >= 0.6 is 0 Å². The van der Waals surface area contributed by atoms with Crippen LogP contribution in [-0.2, 0) is 22.3 Å². The number of hydrogen-bond donors (Lipinski definition) is 3. The van der Waals surface area contributed by atoms with E-state index in [1.807, 2.05) is 0 Å². The van der Waals surface area contributed by atoms with E-state index in [1.165, 1.54) is 37.4 Å². The van der Waals surface area contributed by atoms with Gasteiger partial charge in [-0.3, -0.25) is 9.79 Å². The average Bonchev–Trinajstić information content (AvgIpc) is 2.88. The monoisotopic (exact) mass is 552 g/mol. The number of methoxy groups -OCH3 is 1. The van der Waals surface area contributed by atoms with Crippen molar-refractivity contribution >= 4 is 29.7 Å². The molecule has 39 heavy (non-hydrogen) atoms. The van der Waals surface area contributed by atoms with Gasteiger partial charge in [-0.05, 0) is 36.4 Å². The lowest BCUT2D eigenvalue weighted by Gasteiger charge is -2.36. The van der Waals surface area contributed by atoms with Crippen molar-refractivity contribution in [2.45, 2.75) is 25.2 Å². The van der Waals surface area contributed by atoms with E-state index in [0.717, 1.165) is 18.3 Å². The summed E-state index contributed by atoms with van der Waals surface area (Å²) in [6.45, 7) is -0.0733. The van der Waals surface area contributed by atoms with Gasteiger partial charge in [-0.25, -0.2) is 18.8 Å². The van der Waals surface area contributed by atoms with E-state index in [-0.39, 0.29) is 42.6 Å². The minimum atomic E-state index is -4.83. The summed E-state index contributed by atoms with van der Waals surface area (Å²) in [7, 11) is 2.82. The van der Waals surface area contributed by atoms with Crippen molar-refractivity contribution in [1.82, 2.24) is 14.9 Å². The first-order valence-corrected chi connectivity index (χ1v) is 11.3. The number of nitrogens with two attached hydrogens (primary N) is 2. The molecule has 1 amide bonds. The predicted octanol–water partition coefficient (Wildman–Crippen LogP) is 3.05. The molecule has 0 fully saturated rings. The van der Waals surface area contributed by atoms with E-state index in [9.17, 15) is 26.7 Å². The number of aromatic nitrogens is 2. The molecule has 1 atom stereocenters. The zero-order valence-electron chi connectivity index (χ0n) is 20.8. The lowest BCUT2D eigenvalue weighted by Crippen LogP contribution is -2.48. The quantitative estimate of drug-likeness (QED) is 0.259. The lowest BCUT2D eigenvalue weighted by atomic mass is 9.97. The van der Waals surface area contributed by atoms with Gasteiger partial charge >= 0.3 is 6.18 Å². The smallest absolute Gasteiger partial charge is 0.404 e. The molecule has 15 heteroatoms. The van der Waals surface area contributed by atoms with Crippen LogP contribution < -0.4 is 16.8 Å². The summed E-state index contributed by atoms with van der Waals surface area (Å²) < 4.78 is 73.0. The number of halogens is 5. The van der Waals surface area contributed by atoms with E-state index >= 15 is 0 Å². The fourth-order valence-electron chi connectivity index (χ4n) is 3.68. The second kappa shape index (κ2) is 12.4. The summed E-state index contributed by atoms with van der Waals surface area (Å²) in [5.41, 5.74) is 10.3. The van der Waals surface area contributed by atoms with Crippen molar-refractivity contribution in [1.29, 1.82) is 0 Å². The SMILES string of the molecule is CN=C(C=CN)Nc1ncc(C(F)(F)F)c(N=CC2=C(N)C(=O)N(Cc3ccc(F)c(F)c3)[C@@H](COC)C2)n1. The van der Waals surface area contributed by atoms with Gasteiger partial charge in [0.1, 0.15) is 17.1 Å². The largest absolute Gasteiger partial charge is 0.421 e. The maximum atomic E-state index is 13.7. The number of nitrogens with one attached hydrogen (secondary N) is 1. The average molecular weight is 553 g/mol. The van der Waals surface area contributed by atoms with Crippen LogP contribution in [0, 0.1) is 11.6 Å². The minimum absolute atomic E-state index is 0.0310. The highest BCUT2D eigenvalue weighted by atomic mass is 19.4. The number of alkyl halides is 3. The number of amides is 1. The van der Waals surface area contributed by atoms with Crippen LogP contribution in [0.15, 0.2) is 57.9 Å². The van der Waals surface area contributed by atoms with Crippen molar-refractivity contribution in [3.63, 3.8) is 0 Å². The molecule has 1 aromatic carbocycles. The Kier molecular flexibility index (Phi) is 9.29. The first-order valence-electron chi connectivity index (χ1n) is 11.3. The van der Waals surface area contributed by atoms with Gasteiger partial charge < -0.3 is 26.4 Å². The fourth-order valence-corrected chi connectivity index (χ4v) is 3.68. The first kappa shape index (κ1) is 29.2. The van der Waals surface area contributed by atoms with Crippen LogP contribution in [0.4, 0.5) is 33.7 Å². The third-order valence-electron chi connectivity index (χ3n) is 5.58. The van der Waals surface area contributed by atoms with Crippen LogP contribution in [0.5, 0.6) is 0 Å². The molecule has 0 saturated carbocycles. The predicted molar refractivity (Wildman–Crippen MR) is 134 cm³/mol. The first-order chi connectivity index (χ1) is 18.5. The number of anilines is 1. The van der Waals surface area contributed by atoms with Gasteiger partial charge in [0.05, 0.1) is 12.6 Å². The summed E-state index contributed by atoms with van der Waals surface area (Å²) >= 11 is 0. The molecule has 5 N–H and O–H groups in total. The van der Waals surface area contributed by atoms with Crippen molar-refractivity contribution in [2.75, 3.05) is 26.1 Å². The van der Waals surface area contributed by atoms with Gasteiger partial charge in [0.25, 0.3) is 5.91 Å². The van der Waals surface area contributed by atoms with E-state index in [4.69, 9.17) is 16.2 Å². The number of amidine groups is 1. The maximum Gasteiger partial charge on any atom is 0.421 e. The molecule has 0 unspecified atom stereocenters. The van der Waals surface area contributed by atoms with E-state index in [2.05, 4.69) is 25.3 Å². The number of hydrogen-bond acceptors (Lipinski definition) is 8. The zero-order chi connectivity index (χ0) is 28.7. The Balaban J connectivity index is 1.95. The molecule has 0 radical (unpaired) electrons. The summed E-state index contributed by atoms with van der Waals surface area (Å²) in [6, 6.07) is 2.59. The van der Waals surface area contributed by atoms with Crippen molar-refractivity contribution in [3.8, 4) is 0 Å². The third kappa shape index (κ3) is 7.13. The van der Waals surface area contributed by atoms with Crippen LogP contribution in [0.1, 0.15) is 17.5 Å². The molecular weight excluding hydrogens is 527 g/mol. The number of aliphatic imine (C=N–C) groups is 2. The molecule has 2 heterocycles. The Morgan fingerprint density at radius 3 is 2.67 bits per heavy atom. The lowest BCUT2D eigenvalue weighted by molar-refractivity contribution is -0.137. The Morgan fingerprint density at radius 1 is 1.31 bits per heavy atom. The van der Waals surface area contributed by atoms with Gasteiger partial charge in [-0.2, -0.15) is 18.2 Å². The molecule has 1 aliphatic heterocycles. The molecule has 0 bridgehead atoms. The molecule has 1 aliphatic rings. The highest BCUT2D eigenvalue weighted by Gasteiger charge is 2.36. The Hall–Kier alpha value is -4.40. The van der Waals surface area contributed by atoms with Crippen molar-refractivity contribution in [3.05, 3.63) is 70.7 Å². The fraction of sp³-hybridized carbons (Fsp3) is 0.292. The molecule has 208 valence electrons. The summed E-state index contributed by atoms with van der Waals surface area (Å²) in [6.07, 6.45) is -0.662. The molecule has 0 spiro atoms. The number of carbonyl (C=O) groups excluding carboxylic acids is 1. The molecule has 0 saturated heterocycles. The molecular formula is C24H25F5N8O2. The second-order valence-electron chi connectivity index (χ2n) is 8.21. The van der Waals surface area contributed by atoms with Gasteiger partial charge in [-0.15, -0.1) is 0 Å². The highest BCUT2D eigenvalue weighted by molar-refractivity contribution is 6.03. The van der Waals surface area contributed by atoms with E-state index < -0.39 is 41.1 Å².